The van der Waals surface area contributed by atoms with Crippen LogP contribution in [0.2, 0.25) is 0 Å². The van der Waals surface area contributed by atoms with E-state index in [1.807, 2.05) is 6.07 Å². The molecule has 2 heterocycles. The maximum Gasteiger partial charge on any atom is 0.250 e. The number of hydrogen-bond donors (Lipinski definition) is 0. The monoisotopic (exact) mass is 503 g/mol. The van der Waals surface area contributed by atoms with Crippen molar-refractivity contribution in [2.75, 3.05) is 0 Å². The molecule has 3 rings (SSSR count). The molecule has 1 saturated carbocycles. The molecular formula is C17H15Cl6N3S. The number of alkyl halides is 6. The lowest BCUT2D eigenvalue weighted by atomic mass is 9.81. The topological polar surface area (TPSA) is 38.7 Å². The molecule has 1 fully saturated rings. The molecule has 1 aliphatic rings. The zero-order chi connectivity index (χ0) is 19.7. The second-order valence-electron chi connectivity index (χ2n) is 6.32. The number of thiophene rings is 1. The van der Waals surface area contributed by atoms with Gasteiger partial charge in [0, 0.05) is 10.8 Å². The minimum absolute atomic E-state index is 0.0291. The van der Waals surface area contributed by atoms with Crippen LogP contribution in [0.3, 0.4) is 0 Å². The van der Waals surface area contributed by atoms with E-state index >= 15 is 0 Å². The van der Waals surface area contributed by atoms with E-state index in [9.17, 15) is 0 Å². The van der Waals surface area contributed by atoms with Gasteiger partial charge < -0.3 is 0 Å². The van der Waals surface area contributed by atoms with Crippen LogP contribution in [0.15, 0.2) is 23.6 Å². The third-order valence-electron chi connectivity index (χ3n) is 4.37. The first-order valence-corrected chi connectivity index (χ1v) is 11.4. The van der Waals surface area contributed by atoms with Gasteiger partial charge in [-0.1, -0.05) is 81.7 Å². The van der Waals surface area contributed by atoms with Crippen LogP contribution in [0.4, 0.5) is 0 Å². The molecule has 2 aromatic rings. The lowest BCUT2D eigenvalue weighted by molar-refractivity contribution is 0.364. The summed E-state index contributed by atoms with van der Waals surface area (Å²) in [6, 6.07) is 4.15. The van der Waals surface area contributed by atoms with Crippen LogP contribution in [-0.2, 0) is 7.59 Å². The van der Waals surface area contributed by atoms with Crippen molar-refractivity contribution in [3.8, 4) is 0 Å². The average Bonchev–Trinajstić information content (AvgIpc) is 3.12. The highest BCUT2D eigenvalue weighted by molar-refractivity contribution is 7.10. The van der Waals surface area contributed by atoms with Crippen LogP contribution in [0.5, 0.6) is 0 Å². The third-order valence-corrected chi connectivity index (χ3v) is 6.22. The van der Waals surface area contributed by atoms with E-state index in [1.165, 1.54) is 4.88 Å². The van der Waals surface area contributed by atoms with E-state index < -0.39 is 7.59 Å². The van der Waals surface area contributed by atoms with Gasteiger partial charge in [0.25, 0.3) is 0 Å². The molecule has 146 valence electrons. The maximum atomic E-state index is 5.95. The smallest absolute Gasteiger partial charge is 0.213 e. The molecule has 0 atom stereocenters. The van der Waals surface area contributed by atoms with Crippen LogP contribution in [0, 0.1) is 5.92 Å². The average molecular weight is 506 g/mol. The largest absolute Gasteiger partial charge is 0.250 e. The van der Waals surface area contributed by atoms with E-state index in [0.717, 1.165) is 25.7 Å². The van der Waals surface area contributed by atoms with Gasteiger partial charge in [-0.15, -0.1) is 11.3 Å². The summed E-state index contributed by atoms with van der Waals surface area (Å²) in [5.74, 6) is 1.08. The zero-order valence-electron chi connectivity index (χ0n) is 13.9. The van der Waals surface area contributed by atoms with Gasteiger partial charge in [-0.3, -0.25) is 0 Å². The van der Waals surface area contributed by atoms with Crippen molar-refractivity contribution in [2.24, 2.45) is 5.92 Å². The molecule has 0 radical (unpaired) electrons. The van der Waals surface area contributed by atoms with Crippen LogP contribution in [0.1, 0.15) is 54.0 Å². The quantitative estimate of drug-likeness (QED) is 0.403. The van der Waals surface area contributed by atoms with Crippen molar-refractivity contribution in [2.45, 2.75) is 39.2 Å². The first kappa shape index (κ1) is 21.9. The van der Waals surface area contributed by atoms with Crippen molar-refractivity contribution in [3.05, 3.63) is 45.9 Å². The Morgan fingerprint density at radius 3 is 1.96 bits per heavy atom. The predicted octanol–water partition coefficient (Wildman–Crippen LogP) is 7.57. The van der Waals surface area contributed by atoms with E-state index in [0.29, 0.717) is 11.7 Å². The summed E-state index contributed by atoms with van der Waals surface area (Å²) in [5, 5.41) is 2.07. The highest BCUT2D eigenvalue weighted by Crippen LogP contribution is 2.42. The summed E-state index contributed by atoms with van der Waals surface area (Å²) in [4.78, 5) is 14.0. The Bertz CT molecular complexity index is 758. The van der Waals surface area contributed by atoms with E-state index in [-0.39, 0.29) is 17.6 Å². The molecule has 0 aromatic carbocycles. The Morgan fingerprint density at radius 2 is 1.48 bits per heavy atom. The second kappa shape index (κ2) is 8.91. The van der Waals surface area contributed by atoms with Crippen LogP contribution < -0.4 is 0 Å². The maximum absolute atomic E-state index is 5.95. The molecule has 0 spiro atoms. The number of allylic oxidation sites excluding steroid dienone is 1. The molecule has 3 nitrogen and oxygen atoms in total. The third kappa shape index (κ3) is 6.08. The van der Waals surface area contributed by atoms with Crippen molar-refractivity contribution >= 4 is 87.0 Å². The minimum atomic E-state index is -1.82. The predicted molar refractivity (Wildman–Crippen MR) is 116 cm³/mol. The summed E-state index contributed by atoms with van der Waals surface area (Å²) in [5.41, 5.74) is 0. The summed E-state index contributed by atoms with van der Waals surface area (Å²) in [6.07, 6.45) is 8.30. The fraction of sp³-hybridized carbons (Fsp3) is 0.471. The van der Waals surface area contributed by atoms with Gasteiger partial charge in [0.2, 0.25) is 7.59 Å². The zero-order valence-corrected chi connectivity index (χ0v) is 19.2. The van der Waals surface area contributed by atoms with Gasteiger partial charge in [0.15, 0.2) is 11.6 Å². The summed E-state index contributed by atoms with van der Waals surface area (Å²) >= 11 is 37.4. The number of halogens is 6. The number of aromatic nitrogens is 3. The number of nitrogens with zero attached hydrogens (tertiary/aromatic N) is 3. The molecule has 27 heavy (non-hydrogen) atoms. The molecular weight excluding hydrogens is 491 g/mol. The van der Waals surface area contributed by atoms with Crippen LogP contribution in [-0.4, -0.2) is 15.0 Å². The lowest BCUT2D eigenvalue weighted by Crippen LogP contribution is -2.21. The Labute approximate surface area is 192 Å². The van der Waals surface area contributed by atoms with Crippen LogP contribution in [0.25, 0.3) is 6.08 Å². The van der Waals surface area contributed by atoms with E-state index in [4.69, 9.17) is 69.6 Å². The molecule has 0 amide bonds. The van der Waals surface area contributed by atoms with Crippen molar-refractivity contribution < 1.29 is 0 Å². The van der Waals surface area contributed by atoms with Crippen LogP contribution >= 0.6 is 80.9 Å². The van der Waals surface area contributed by atoms with Crippen molar-refractivity contribution in [3.63, 3.8) is 0 Å². The molecule has 10 heteroatoms. The van der Waals surface area contributed by atoms with Crippen molar-refractivity contribution in [1.29, 1.82) is 0 Å². The SMILES string of the molecule is ClC(Cl)(Cl)c1nc(C2CCC(C=Cc3cccs3)CC2)nc(C(Cl)(Cl)Cl)n1. The molecule has 0 aliphatic heterocycles. The summed E-state index contributed by atoms with van der Waals surface area (Å²) < 4.78 is -3.63. The molecule has 1 aliphatic carbocycles. The molecule has 0 saturated heterocycles. The van der Waals surface area contributed by atoms with Gasteiger partial charge in [-0.2, -0.15) is 0 Å². The lowest BCUT2D eigenvalue weighted by Gasteiger charge is -2.26. The minimum Gasteiger partial charge on any atom is -0.213 e. The van der Waals surface area contributed by atoms with Gasteiger partial charge in [-0.25, -0.2) is 15.0 Å². The normalized spacial score (nSPS) is 21.7. The Morgan fingerprint density at radius 1 is 0.889 bits per heavy atom. The van der Waals surface area contributed by atoms with Gasteiger partial charge in [0.1, 0.15) is 5.82 Å². The van der Waals surface area contributed by atoms with Gasteiger partial charge in [-0.05, 0) is 49.1 Å². The van der Waals surface area contributed by atoms with Gasteiger partial charge in [0.05, 0.1) is 0 Å². The van der Waals surface area contributed by atoms with Crippen molar-refractivity contribution in [1.82, 2.24) is 15.0 Å². The number of rotatable bonds is 3. The Balaban J connectivity index is 1.75. The second-order valence-corrected chi connectivity index (χ2v) is 11.9. The highest BCUT2D eigenvalue weighted by Gasteiger charge is 2.35. The standard InChI is InChI=1S/C17H15Cl6N3S/c18-16(19,20)14-24-13(25-15(26-14)17(21,22)23)11-6-3-10(4-7-11)5-8-12-2-1-9-27-12/h1-2,5,8-11H,3-4,6-7H2. The molecule has 0 bridgehead atoms. The molecule has 0 N–H and O–H groups in total. The number of hydrogen-bond acceptors (Lipinski definition) is 4. The molecule has 2 aromatic heterocycles. The molecule has 0 unspecified atom stereocenters. The Kier molecular flexibility index (Phi) is 7.22. The van der Waals surface area contributed by atoms with E-state index in [1.54, 1.807) is 11.3 Å². The Hall–Kier alpha value is 0.190. The summed E-state index contributed by atoms with van der Waals surface area (Å²) in [7, 11) is 0. The first-order valence-electron chi connectivity index (χ1n) is 8.25. The van der Waals surface area contributed by atoms with E-state index in [2.05, 4.69) is 38.6 Å². The van der Waals surface area contributed by atoms with Gasteiger partial charge >= 0.3 is 0 Å². The first-order chi connectivity index (χ1) is 12.6. The highest BCUT2D eigenvalue weighted by atomic mass is 35.6. The summed E-state index contributed by atoms with van der Waals surface area (Å²) in [6.45, 7) is 0. The fourth-order valence-electron chi connectivity index (χ4n) is 3.02. The fourth-order valence-corrected chi connectivity index (χ4v) is 4.15.